The smallest absolute Gasteiger partial charge is 0.462 e. The van der Waals surface area contributed by atoms with Crippen LogP contribution in [-0.4, -0.2) is 96.7 Å². The molecule has 5 unspecified atom stereocenters. The molecule has 0 amide bonds. The first kappa shape index (κ1) is 101. The standard InChI is InChI=1S/C87H148O17P2/c1-5-9-13-17-21-25-29-33-36-38-40-42-45-48-51-55-59-63-67-71-84(89)97-77-82(103-86(91)73-69-65-61-57-53-47-32-28-24-20-16-12-8-4)79-101-105(93,94)99-75-81(88)76-100-106(95,96)102-80-83(104-87(92)74-70-66-62-58-54-50-44-35-31-27-23-19-15-11-7-3)78-98-85(90)72-68-64-60-56-52-49-46-43-41-39-37-34-30-26-22-18-14-10-6-2/h9-10,13-14,21-22,25-26,33-34,36-37,40-43,48-49,51-52,59,63,81-83,88H,5-8,11-12,15-20,23-24,27-32,35,38-39,44-47,50,53-58,60-62,64-80H2,1-4H3,(H,93,94)(H,95,96)/b13-9-,14-10-,25-21-,26-22-,36-33-,37-34-,42-40-,43-41-,51-48-,52-49-,63-59-. The third kappa shape index (κ3) is 77.4. The number of ether oxygens (including phenoxy) is 4. The molecule has 0 aromatic heterocycles. The van der Waals surface area contributed by atoms with Crippen LogP contribution in [0.2, 0.25) is 0 Å². The molecule has 0 aromatic rings. The Morgan fingerprint density at radius 3 is 0.811 bits per heavy atom. The molecule has 0 bridgehead atoms. The van der Waals surface area contributed by atoms with Crippen molar-refractivity contribution in [1.29, 1.82) is 0 Å². The number of phosphoric acid groups is 2. The summed E-state index contributed by atoms with van der Waals surface area (Å²) in [6.07, 6.45) is 88.7. The summed E-state index contributed by atoms with van der Waals surface area (Å²) in [5.41, 5.74) is 0. The molecular weight excluding hydrogens is 1380 g/mol. The number of aliphatic hydroxyl groups excluding tert-OH is 1. The minimum atomic E-state index is -5.00. The van der Waals surface area contributed by atoms with Crippen LogP contribution in [0.25, 0.3) is 0 Å². The van der Waals surface area contributed by atoms with Crippen molar-refractivity contribution in [2.45, 2.75) is 354 Å². The first-order valence-corrected chi connectivity index (χ1v) is 44.4. The number of carbonyl (C=O) groups is 4. The van der Waals surface area contributed by atoms with Crippen LogP contribution in [-0.2, 0) is 65.4 Å². The van der Waals surface area contributed by atoms with Gasteiger partial charge in [0.15, 0.2) is 12.2 Å². The van der Waals surface area contributed by atoms with Gasteiger partial charge in [-0.25, -0.2) is 9.13 Å². The van der Waals surface area contributed by atoms with Crippen LogP contribution in [0.1, 0.15) is 336 Å². The lowest BCUT2D eigenvalue weighted by atomic mass is 10.0. The third-order valence-corrected chi connectivity index (χ3v) is 19.1. The number of esters is 4. The average molecular weight is 1530 g/mol. The molecule has 0 aliphatic rings. The van der Waals surface area contributed by atoms with E-state index in [-0.39, 0.29) is 25.7 Å². The number of hydrogen-bond acceptors (Lipinski definition) is 15. The molecule has 608 valence electrons. The molecule has 0 heterocycles. The lowest BCUT2D eigenvalue weighted by Gasteiger charge is -2.21. The highest BCUT2D eigenvalue weighted by Gasteiger charge is 2.30. The van der Waals surface area contributed by atoms with Gasteiger partial charge in [0, 0.05) is 25.7 Å². The van der Waals surface area contributed by atoms with Crippen LogP contribution in [0.3, 0.4) is 0 Å². The van der Waals surface area contributed by atoms with Crippen LogP contribution < -0.4 is 0 Å². The van der Waals surface area contributed by atoms with Gasteiger partial charge in [-0.15, -0.1) is 0 Å². The number of hydrogen-bond donors (Lipinski definition) is 3. The Labute approximate surface area is 644 Å². The molecule has 3 N–H and O–H groups in total. The van der Waals surface area contributed by atoms with E-state index in [1.807, 2.05) is 18.2 Å². The number of rotatable bonds is 77. The monoisotopic (exact) mass is 1530 g/mol. The highest BCUT2D eigenvalue weighted by atomic mass is 31.2. The normalized spacial score (nSPS) is 14.5. The quantitative estimate of drug-likeness (QED) is 0.0169. The summed E-state index contributed by atoms with van der Waals surface area (Å²) in [6, 6.07) is 0. The Morgan fingerprint density at radius 1 is 0.274 bits per heavy atom. The fourth-order valence-electron chi connectivity index (χ4n) is 10.9. The van der Waals surface area contributed by atoms with Gasteiger partial charge in [0.25, 0.3) is 0 Å². The van der Waals surface area contributed by atoms with Crippen LogP contribution in [0, 0.1) is 0 Å². The van der Waals surface area contributed by atoms with E-state index in [2.05, 4.69) is 143 Å². The maximum absolute atomic E-state index is 13.1. The van der Waals surface area contributed by atoms with E-state index >= 15 is 0 Å². The predicted octanol–water partition coefficient (Wildman–Crippen LogP) is 24.4. The molecule has 0 rings (SSSR count). The minimum Gasteiger partial charge on any atom is -0.462 e. The fourth-order valence-corrected chi connectivity index (χ4v) is 12.5. The van der Waals surface area contributed by atoms with Crippen LogP contribution in [0.4, 0.5) is 0 Å². The van der Waals surface area contributed by atoms with E-state index in [0.717, 1.165) is 135 Å². The minimum absolute atomic E-state index is 0.0355. The third-order valence-electron chi connectivity index (χ3n) is 17.2. The Bertz CT molecular complexity index is 2530. The van der Waals surface area contributed by atoms with E-state index in [9.17, 15) is 43.2 Å². The largest absolute Gasteiger partial charge is 0.472 e. The number of phosphoric ester groups is 2. The van der Waals surface area contributed by atoms with Crippen molar-refractivity contribution in [3.63, 3.8) is 0 Å². The topological polar surface area (TPSA) is 237 Å². The molecule has 0 radical (unpaired) electrons. The van der Waals surface area contributed by atoms with E-state index in [0.29, 0.717) is 32.1 Å². The van der Waals surface area contributed by atoms with E-state index in [1.165, 1.54) is 116 Å². The lowest BCUT2D eigenvalue weighted by molar-refractivity contribution is -0.161. The van der Waals surface area contributed by atoms with Crippen molar-refractivity contribution < 1.29 is 80.2 Å². The molecule has 0 fully saturated rings. The zero-order valence-electron chi connectivity index (χ0n) is 66.6. The number of carbonyl (C=O) groups excluding carboxylic acids is 4. The number of aliphatic hydroxyl groups is 1. The first-order valence-electron chi connectivity index (χ1n) is 41.4. The van der Waals surface area contributed by atoms with Crippen molar-refractivity contribution in [3.05, 3.63) is 134 Å². The summed E-state index contributed by atoms with van der Waals surface area (Å²) in [5, 5.41) is 10.7. The molecule has 5 atom stereocenters. The molecule has 0 aromatic carbocycles. The average Bonchev–Trinajstić information content (AvgIpc) is 0.901. The second-order valence-electron chi connectivity index (χ2n) is 27.3. The van der Waals surface area contributed by atoms with Crippen molar-refractivity contribution in [2.75, 3.05) is 39.6 Å². The predicted molar refractivity (Wildman–Crippen MR) is 436 cm³/mol. The van der Waals surface area contributed by atoms with Crippen LogP contribution >= 0.6 is 15.6 Å². The highest BCUT2D eigenvalue weighted by molar-refractivity contribution is 7.47. The highest BCUT2D eigenvalue weighted by Crippen LogP contribution is 2.45. The summed E-state index contributed by atoms with van der Waals surface area (Å²) in [6.45, 7) is 4.57. The van der Waals surface area contributed by atoms with Gasteiger partial charge in [0.05, 0.1) is 26.4 Å². The fraction of sp³-hybridized carbons (Fsp3) is 0.701. The van der Waals surface area contributed by atoms with E-state index in [4.69, 9.17) is 37.0 Å². The number of allylic oxidation sites excluding steroid dienone is 22. The number of unbranched alkanes of at least 4 members (excludes halogenated alkanes) is 29. The van der Waals surface area contributed by atoms with Crippen molar-refractivity contribution in [3.8, 4) is 0 Å². The summed E-state index contributed by atoms with van der Waals surface area (Å²) in [5.74, 6) is -2.29. The van der Waals surface area contributed by atoms with Gasteiger partial charge in [-0.3, -0.25) is 37.3 Å². The Morgan fingerprint density at radius 2 is 0.509 bits per heavy atom. The van der Waals surface area contributed by atoms with Gasteiger partial charge < -0.3 is 33.8 Å². The molecule has 0 saturated carbocycles. The molecule has 17 nitrogen and oxygen atoms in total. The second kappa shape index (κ2) is 78.3. The maximum atomic E-state index is 13.1. The van der Waals surface area contributed by atoms with Gasteiger partial charge in [-0.1, -0.05) is 335 Å². The molecule has 0 aliphatic carbocycles. The van der Waals surface area contributed by atoms with Gasteiger partial charge >= 0.3 is 39.5 Å². The van der Waals surface area contributed by atoms with Crippen LogP contribution in [0.15, 0.2) is 134 Å². The molecule has 19 heteroatoms. The summed E-state index contributed by atoms with van der Waals surface area (Å²) in [7, 11) is -9.99. The first-order chi connectivity index (χ1) is 51.7. The molecule has 0 aliphatic heterocycles. The molecular formula is C87H148O17P2. The Kier molecular flexibility index (Phi) is 74.8. The molecule has 106 heavy (non-hydrogen) atoms. The van der Waals surface area contributed by atoms with E-state index in [1.54, 1.807) is 0 Å². The SMILES string of the molecule is CC/C=C\C/C=C\C/C=C\C/C=C\C/C=C\C/C=C\CCC(=O)OCC(COP(=O)(O)OCC(O)COP(=O)(O)OCC(COC(=O)CCCCC/C=C\C/C=C\C/C=C\C/C=C\C/C=C\CC)OC(=O)CCCCCCCCCCCCCCCCC)OC(=O)CCCCCCCCCCCCCCC. The van der Waals surface area contributed by atoms with Crippen molar-refractivity contribution in [1.82, 2.24) is 0 Å². The zero-order chi connectivity index (χ0) is 77.4. The van der Waals surface area contributed by atoms with Gasteiger partial charge in [-0.05, 0) is 109 Å². The summed E-state index contributed by atoms with van der Waals surface area (Å²) in [4.78, 5) is 73.1. The van der Waals surface area contributed by atoms with Crippen molar-refractivity contribution >= 4 is 39.5 Å². The molecule has 0 spiro atoms. The second-order valence-corrected chi connectivity index (χ2v) is 30.2. The summed E-state index contributed by atoms with van der Waals surface area (Å²) >= 11 is 0. The lowest BCUT2D eigenvalue weighted by Crippen LogP contribution is -2.30. The Hall–Kier alpha value is -4.80. The van der Waals surface area contributed by atoms with E-state index < -0.39 is 97.5 Å². The summed E-state index contributed by atoms with van der Waals surface area (Å²) < 4.78 is 68.6. The Balaban J connectivity index is 5.43. The van der Waals surface area contributed by atoms with Crippen molar-refractivity contribution in [2.24, 2.45) is 0 Å². The molecule has 0 saturated heterocycles. The zero-order valence-corrected chi connectivity index (χ0v) is 68.4. The van der Waals surface area contributed by atoms with Gasteiger partial charge in [0.1, 0.15) is 19.3 Å². The van der Waals surface area contributed by atoms with Crippen LogP contribution in [0.5, 0.6) is 0 Å². The maximum Gasteiger partial charge on any atom is 0.472 e. The van der Waals surface area contributed by atoms with Gasteiger partial charge in [-0.2, -0.15) is 0 Å². The van der Waals surface area contributed by atoms with Gasteiger partial charge in [0.2, 0.25) is 0 Å².